The summed E-state index contributed by atoms with van der Waals surface area (Å²) in [7, 11) is -3.59. The number of hydrogen-bond acceptors (Lipinski definition) is 8. The van der Waals surface area contributed by atoms with Gasteiger partial charge in [0, 0.05) is 49.9 Å². The summed E-state index contributed by atoms with van der Waals surface area (Å²) in [5.74, 6) is 2.26. The van der Waals surface area contributed by atoms with Crippen LogP contribution in [0.4, 0.5) is 17.3 Å². The van der Waals surface area contributed by atoms with Crippen LogP contribution >= 0.6 is 11.6 Å². The van der Waals surface area contributed by atoms with Gasteiger partial charge in [-0.15, -0.1) is 0 Å². The molecule has 3 aliphatic heterocycles. The van der Waals surface area contributed by atoms with Gasteiger partial charge in [-0.3, -0.25) is 9.52 Å². The van der Waals surface area contributed by atoms with Gasteiger partial charge in [0.25, 0.3) is 5.91 Å². The van der Waals surface area contributed by atoms with Gasteiger partial charge in [-0.2, -0.15) is 9.61 Å². The zero-order valence-corrected chi connectivity index (χ0v) is 24.3. The van der Waals surface area contributed by atoms with Crippen LogP contribution in [0, 0.1) is 5.92 Å². The molecule has 3 aliphatic rings. The molecule has 0 spiro atoms. The molecule has 13 heteroatoms. The molecular formula is C27H34ClN7O4S. The minimum absolute atomic E-state index is 0.209. The average Bonchev–Trinajstić information content (AvgIpc) is 3.35. The number of carbonyl (C=O) groups is 1. The molecule has 1 unspecified atom stereocenters. The Morgan fingerprint density at radius 1 is 1.07 bits per heavy atom. The SMILES string of the molecule is CC1CN(c2cc(N3CCOCC3)n3nc(C4CCCCN4C(=O)c4cc(Cl)ccc4NS(C)(=O)=O)cc3n2)C1. The van der Waals surface area contributed by atoms with E-state index in [1.54, 1.807) is 11.0 Å². The number of aromatic nitrogens is 3. The number of amides is 1. The van der Waals surface area contributed by atoms with Gasteiger partial charge in [0.15, 0.2) is 5.65 Å². The Kier molecular flexibility index (Phi) is 7.26. The van der Waals surface area contributed by atoms with Crippen LogP contribution in [0.3, 0.4) is 0 Å². The summed E-state index contributed by atoms with van der Waals surface area (Å²) in [5.41, 5.74) is 1.94. The molecular weight excluding hydrogens is 554 g/mol. The highest BCUT2D eigenvalue weighted by atomic mass is 35.5. The zero-order valence-electron chi connectivity index (χ0n) is 22.7. The van der Waals surface area contributed by atoms with Gasteiger partial charge in [-0.25, -0.2) is 13.4 Å². The third kappa shape index (κ3) is 5.44. The van der Waals surface area contributed by atoms with Crippen molar-refractivity contribution >= 4 is 50.5 Å². The fourth-order valence-electron chi connectivity index (χ4n) is 5.81. The lowest BCUT2D eigenvalue weighted by molar-refractivity contribution is 0.0607. The van der Waals surface area contributed by atoms with Crippen LogP contribution in [-0.4, -0.2) is 86.0 Å². The highest BCUT2D eigenvalue weighted by molar-refractivity contribution is 7.92. The van der Waals surface area contributed by atoms with E-state index in [0.29, 0.717) is 30.7 Å². The molecule has 214 valence electrons. The third-order valence-corrected chi connectivity index (χ3v) is 8.58. The van der Waals surface area contributed by atoms with Crippen LogP contribution in [0.5, 0.6) is 0 Å². The second-order valence-corrected chi connectivity index (χ2v) is 13.2. The number of likely N-dealkylation sites (tertiary alicyclic amines) is 1. The number of nitrogens with zero attached hydrogens (tertiary/aromatic N) is 6. The molecule has 1 N–H and O–H groups in total. The molecule has 6 rings (SSSR count). The number of nitrogens with one attached hydrogen (secondary N) is 1. The fraction of sp³-hybridized carbons (Fsp3) is 0.519. The topological polar surface area (TPSA) is 112 Å². The second kappa shape index (κ2) is 10.7. The number of fused-ring (bicyclic) bond motifs is 1. The summed E-state index contributed by atoms with van der Waals surface area (Å²) in [5, 5.41) is 5.38. The molecule has 11 nitrogen and oxygen atoms in total. The van der Waals surface area contributed by atoms with E-state index in [0.717, 1.165) is 74.7 Å². The van der Waals surface area contributed by atoms with Gasteiger partial charge in [0.2, 0.25) is 10.0 Å². The van der Waals surface area contributed by atoms with E-state index in [4.69, 9.17) is 26.4 Å². The van der Waals surface area contributed by atoms with Gasteiger partial charge in [-0.1, -0.05) is 18.5 Å². The largest absolute Gasteiger partial charge is 0.378 e. The Labute approximate surface area is 239 Å². The number of ether oxygens (including phenoxy) is 1. The lowest BCUT2D eigenvalue weighted by Crippen LogP contribution is -2.46. The molecule has 3 aromatic rings. The number of carbonyl (C=O) groups excluding carboxylic acids is 1. The second-order valence-electron chi connectivity index (χ2n) is 11.0. The van der Waals surface area contributed by atoms with Crippen LogP contribution < -0.4 is 14.5 Å². The molecule has 2 aromatic heterocycles. The summed E-state index contributed by atoms with van der Waals surface area (Å²) >= 11 is 6.25. The monoisotopic (exact) mass is 587 g/mol. The van der Waals surface area contributed by atoms with E-state index < -0.39 is 10.0 Å². The first-order valence-electron chi connectivity index (χ1n) is 13.7. The standard InChI is InChI=1S/C27H34ClN7O4S/c1-18-16-33(17-18)24-15-26(32-9-11-39-12-10-32)35-25(29-24)14-22(30-35)23-5-3-4-8-34(23)27(36)20-13-19(28)6-7-21(20)31-40(2,37)38/h6-7,13-15,18,23,31H,3-5,8-12,16-17H2,1-2H3. The van der Waals surface area contributed by atoms with Crippen molar-refractivity contribution in [1.29, 1.82) is 0 Å². The Hall–Kier alpha value is -3.09. The Bertz CT molecular complexity index is 1530. The number of morpholine rings is 1. The summed E-state index contributed by atoms with van der Waals surface area (Å²) < 4.78 is 33.9. The van der Waals surface area contributed by atoms with Crippen molar-refractivity contribution in [3.05, 3.63) is 46.6 Å². The molecule has 3 fully saturated rings. The van der Waals surface area contributed by atoms with Crippen LogP contribution in [0.1, 0.15) is 48.3 Å². The van der Waals surface area contributed by atoms with E-state index >= 15 is 0 Å². The number of halogens is 1. The average molecular weight is 588 g/mol. The van der Waals surface area contributed by atoms with E-state index in [-0.39, 0.29) is 23.2 Å². The predicted molar refractivity (Wildman–Crippen MR) is 155 cm³/mol. The molecule has 1 atom stereocenters. The maximum absolute atomic E-state index is 13.9. The van der Waals surface area contributed by atoms with E-state index in [1.807, 2.05) is 10.6 Å². The highest BCUT2D eigenvalue weighted by Gasteiger charge is 2.33. The van der Waals surface area contributed by atoms with E-state index in [9.17, 15) is 13.2 Å². The molecule has 0 aliphatic carbocycles. The van der Waals surface area contributed by atoms with Gasteiger partial charge in [-0.05, 0) is 43.4 Å². The third-order valence-electron chi connectivity index (χ3n) is 7.75. The number of anilines is 3. The molecule has 0 saturated carbocycles. The van der Waals surface area contributed by atoms with Crippen LogP contribution in [0.2, 0.25) is 5.02 Å². The maximum atomic E-state index is 13.9. The summed E-state index contributed by atoms with van der Waals surface area (Å²) in [4.78, 5) is 25.3. The normalized spacial score (nSPS) is 20.6. The number of sulfonamides is 1. The Morgan fingerprint density at radius 2 is 1.85 bits per heavy atom. The fourth-order valence-corrected chi connectivity index (χ4v) is 6.56. The van der Waals surface area contributed by atoms with Crippen molar-refractivity contribution in [3.8, 4) is 0 Å². The van der Waals surface area contributed by atoms with Crippen LogP contribution in [0.25, 0.3) is 5.65 Å². The van der Waals surface area contributed by atoms with Crippen LogP contribution in [-0.2, 0) is 14.8 Å². The van der Waals surface area contributed by atoms with Crippen LogP contribution in [0.15, 0.2) is 30.3 Å². The number of piperidine rings is 1. The molecule has 1 amide bonds. The molecule has 3 saturated heterocycles. The number of hydrogen-bond donors (Lipinski definition) is 1. The van der Waals surface area contributed by atoms with Gasteiger partial charge < -0.3 is 19.4 Å². The van der Waals surface area contributed by atoms with Crippen molar-refractivity contribution in [2.45, 2.75) is 32.2 Å². The first-order chi connectivity index (χ1) is 19.2. The van der Waals surface area contributed by atoms with Crippen molar-refractivity contribution in [3.63, 3.8) is 0 Å². The molecule has 40 heavy (non-hydrogen) atoms. The number of rotatable bonds is 6. The Morgan fingerprint density at radius 3 is 2.58 bits per heavy atom. The molecule has 1 aromatic carbocycles. The zero-order chi connectivity index (χ0) is 28.0. The first kappa shape index (κ1) is 27.1. The van der Waals surface area contributed by atoms with Gasteiger partial charge in [0.1, 0.15) is 11.6 Å². The summed E-state index contributed by atoms with van der Waals surface area (Å²) in [6.07, 6.45) is 3.60. The van der Waals surface area contributed by atoms with Crippen molar-refractivity contribution in [1.82, 2.24) is 19.5 Å². The van der Waals surface area contributed by atoms with Gasteiger partial charge in [0.05, 0.1) is 42.5 Å². The Balaban J connectivity index is 1.38. The minimum atomic E-state index is -3.59. The van der Waals surface area contributed by atoms with E-state index in [1.165, 1.54) is 12.1 Å². The quantitative estimate of drug-likeness (QED) is 0.467. The molecule has 5 heterocycles. The van der Waals surface area contributed by atoms with E-state index in [2.05, 4.69) is 27.5 Å². The summed E-state index contributed by atoms with van der Waals surface area (Å²) in [6, 6.07) is 8.43. The smallest absolute Gasteiger partial charge is 0.256 e. The first-order valence-corrected chi connectivity index (χ1v) is 16.0. The van der Waals surface area contributed by atoms with Crippen molar-refractivity contribution < 1.29 is 17.9 Å². The summed E-state index contributed by atoms with van der Waals surface area (Å²) in [6.45, 7) is 7.56. The highest BCUT2D eigenvalue weighted by Crippen LogP contribution is 2.35. The maximum Gasteiger partial charge on any atom is 0.256 e. The lowest BCUT2D eigenvalue weighted by atomic mass is 9.98. The lowest BCUT2D eigenvalue weighted by Gasteiger charge is -2.39. The predicted octanol–water partition coefficient (Wildman–Crippen LogP) is 3.41. The number of benzene rings is 1. The van der Waals surface area contributed by atoms with Crippen molar-refractivity contribution in [2.24, 2.45) is 5.92 Å². The minimum Gasteiger partial charge on any atom is -0.378 e. The molecule has 0 radical (unpaired) electrons. The molecule has 0 bridgehead atoms. The van der Waals surface area contributed by atoms with Gasteiger partial charge >= 0.3 is 0 Å². The van der Waals surface area contributed by atoms with Crippen molar-refractivity contribution in [2.75, 3.05) is 66.7 Å².